The molecule has 0 radical (unpaired) electrons. The minimum absolute atomic E-state index is 0.163. The second-order valence-electron chi connectivity index (χ2n) is 7.04. The SMILES string of the molecule is CN1CCC[C@@H](Nc2nnc(-c3ccc(C(F)(F)F)cc3O)c3ccoc23)C1. The summed E-state index contributed by atoms with van der Waals surface area (Å²) in [6.07, 6.45) is -1.000. The van der Waals surface area contributed by atoms with Crippen LogP contribution in [0.4, 0.5) is 19.0 Å². The van der Waals surface area contributed by atoms with Crippen molar-refractivity contribution < 1.29 is 22.7 Å². The normalized spacial score (nSPS) is 18.5. The van der Waals surface area contributed by atoms with E-state index in [4.69, 9.17) is 4.42 Å². The molecule has 1 aliphatic rings. The highest BCUT2D eigenvalue weighted by Crippen LogP contribution is 2.39. The number of phenols is 1. The Labute approximate surface area is 159 Å². The molecular formula is C19H19F3N4O2. The second-order valence-corrected chi connectivity index (χ2v) is 7.04. The Hall–Kier alpha value is -2.81. The van der Waals surface area contributed by atoms with Crippen LogP contribution in [0.2, 0.25) is 0 Å². The maximum absolute atomic E-state index is 12.8. The average Bonchev–Trinajstić information content (AvgIpc) is 3.12. The van der Waals surface area contributed by atoms with Crippen molar-refractivity contribution in [3.63, 3.8) is 0 Å². The summed E-state index contributed by atoms with van der Waals surface area (Å²) < 4.78 is 44.1. The van der Waals surface area contributed by atoms with Crippen LogP contribution in [0.15, 0.2) is 34.9 Å². The lowest BCUT2D eigenvalue weighted by molar-refractivity contribution is -0.137. The van der Waals surface area contributed by atoms with Gasteiger partial charge in [-0.05, 0) is 50.7 Å². The average molecular weight is 392 g/mol. The Morgan fingerprint density at radius 1 is 1.25 bits per heavy atom. The maximum Gasteiger partial charge on any atom is 0.416 e. The first-order chi connectivity index (χ1) is 13.3. The third-order valence-electron chi connectivity index (χ3n) is 4.93. The molecule has 2 aromatic heterocycles. The molecule has 1 atom stereocenters. The van der Waals surface area contributed by atoms with Gasteiger partial charge in [0.15, 0.2) is 11.4 Å². The predicted octanol–water partition coefficient (Wildman–Crippen LogP) is 4.12. The number of nitrogens with one attached hydrogen (secondary N) is 1. The van der Waals surface area contributed by atoms with Crippen molar-refractivity contribution >= 4 is 16.8 Å². The van der Waals surface area contributed by atoms with Crippen LogP contribution in [0.5, 0.6) is 5.75 Å². The Morgan fingerprint density at radius 3 is 2.79 bits per heavy atom. The van der Waals surface area contributed by atoms with E-state index in [9.17, 15) is 18.3 Å². The first-order valence-electron chi connectivity index (χ1n) is 8.92. The first-order valence-corrected chi connectivity index (χ1v) is 8.92. The number of fused-ring (bicyclic) bond motifs is 1. The van der Waals surface area contributed by atoms with Gasteiger partial charge in [-0.25, -0.2) is 0 Å². The third-order valence-corrected chi connectivity index (χ3v) is 4.93. The van der Waals surface area contributed by atoms with E-state index in [2.05, 4.69) is 27.5 Å². The van der Waals surface area contributed by atoms with E-state index in [-0.39, 0.29) is 17.3 Å². The number of hydrogen-bond donors (Lipinski definition) is 2. The van der Waals surface area contributed by atoms with Crippen molar-refractivity contribution in [2.45, 2.75) is 25.1 Å². The van der Waals surface area contributed by atoms with Gasteiger partial charge >= 0.3 is 6.18 Å². The molecule has 9 heteroatoms. The van der Waals surface area contributed by atoms with Gasteiger partial charge in [0, 0.05) is 18.2 Å². The Kier molecular flexibility index (Phi) is 4.62. The van der Waals surface area contributed by atoms with Gasteiger partial charge in [-0.3, -0.25) is 0 Å². The first kappa shape index (κ1) is 18.5. The van der Waals surface area contributed by atoms with Crippen molar-refractivity contribution in [1.82, 2.24) is 15.1 Å². The van der Waals surface area contributed by atoms with Crippen LogP contribution in [0.1, 0.15) is 18.4 Å². The molecule has 1 aliphatic heterocycles. The number of hydrogen-bond acceptors (Lipinski definition) is 6. The lowest BCUT2D eigenvalue weighted by atomic mass is 10.0. The van der Waals surface area contributed by atoms with Crippen LogP contribution in [0, 0.1) is 0 Å². The van der Waals surface area contributed by atoms with Gasteiger partial charge in [0.1, 0.15) is 11.4 Å². The number of piperidine rings is 1. The molecule has 0 aliphatic carbocycles. The van der Waals surface area contributed by atoms with E-state index < -0.39 is 17.5 Å². The number of furan rings is 1. The van der Waals surface area contributed by atoms with E-state index in [1.54, 1.807) is 6.07 Å². The van der Waals surface area contributed by atoms with Crippen LogP contribution >= 0.6 is 0 Å². The highest BCUT2D eigenvalue weighted by Gasteiger charge is 2.31. The third kappa shape index (κ3) is 3.49. The van der Waals surface area contributed by atoms with Crippen molar-refractivity contribution in [2.75, 3.05) is 25.5 Å². The van der Waals surface area contributed by atoms with E-state index in [0.29, 0.717) is 22.9 Å². The number of aromatic nitrogens is 2. The second kappa shape index (κ2) is 6.97. The number of alkyl halides is 3. The molecule has 1 aromatic carbocycles. The molecule has 0 spiro atoms. The van der Waals surface area contributed by atoms with Crippen LogP contribution < -0.4 is 5.32 Å². The van der Waals surface area contributed by atoms with Crippen molar-refractivity contribution in [2.24, 2.45) is 0 Å². The summed E-state index contributed by atoms with van der Waals surface area (Å²) in [5.74, 6) is -0.0308. The Balaban J connectivity index is 1.70. The van der Waals surface area contributed by atoms with E-state index in [1.165, 1.54) is 12.3 Å². The number of halogens is 3. The van der Waals surface area contributed by atoms with Crippen molar-refractivity contribution in [3.8, 4) is 17.0 Å². The number of rotatable bonds is 3. The molecule has 0 unspecified atom stereocenters. The number of likely N-dealkylation sites (tertiary alicyclic amines) is 1. The van der Waals surface area contributed by atoms with E-state index >= 15 is 0 Å². The van der Waals surface area contributed by atoms with Crippen molar-refractivity contribution in [1.29, 1.82) is 0 Å². The van der Waals surface area contributed by atoms with Gasteiger partial charge in [0.05, 0.1) is 17.2 Å². The highest BCUT2D eigenvalue weighted by molar-refractivity contribution is 5.97. The fourth-order valence-electron chi connectivity index (χ4n) is 3.56. The van der Waals surface area contributed by atoms with E-state index in [0.717, 1.165) is 32.0 Å². The standard InChI is InChI=1S/C19H19F3N4O2/c1-26-7-2-3-12(10-26)23-18-17-14(6-8-28-17)16(24-25-18)13-5-4-11(9-15(13)27)19(20,21)22/h4-6,8-9,12,27H,2-3,7,10H2,1H3,(H,23,25)/t12-/m1/s1. The summed E-state index contributed by atoms with van der Waals surface area (Å²) in [4.78, 5) is 2.22. The summed E-state index contributed by atoms with van der Waals surface area (Å²) in [5.41, 5.74) is -0.0421. The highest BCUT2D eigenvalue weighted by atomic mass is 19.4. The summed E-state index contributed by atoms with van der Waals surface area (Å²) in [5, 5.41) is 22.4. The van der Waals surface area contributed by atoms with Gasteiger partial charge in [-0.15, -0.1) is 10.2 Å². The molecule has 1 saturated heterocycles. The van der Waals surface area contributed by atoms with Gasteiger partial charge in [-0.2, -0.15) is 13.2 Å². The summed E-state index contributed by atoms with van der Waals surface area (Å²) in [7, 11) is 2.05. The zero-order valence-electron chi connectivity index (χ0n) is 15.1. The van der Waals surface area contributed by atoms with Gasteiger partial charge in [0.25, 0.3) is 0 Å². The lowest BCUT2D eigenvalue weighted by Crippen LogP contribution is -2.39. The molecule has 28 heavy (non-hydrogen) atoms. The number of anilines is 1. The molecule has 2 N–H and O–H groups in total. The summed E-state index contributed by atoms with van der Waals surface area (Å²) in [6, 6.07) is 4.65. The minimum Gasteiger partial charge on any atom is -0.507 e. The van der Waals surface area contributed by atoms with Gasteiger partial charge < -0.3 is 19.7 Å². The molecule has 6 nitrogen and oxygen atoms in total. The molecule has 148 valence electrons. The minimum atomic E-state index is -4.53. The van der Waals surface area contributed by atoms with Gasteiger partial charge in [-0.1, -0.05) is 0 Å². The monoisotopic (exact) mass is 392 g/mol. The van der Waals surface area contributed by atoms with Crippen LogP contribution in [-0.2, 0) is 6.18 Å². The van der Waals surface area contributed by atoms with Crippen LogP contribution in [0.25, 0.3) is 22.2 Å². The van der Waals surface area contributed by atoms with E-state index in [1.807, 2.05) is 0 Å². The Bertz CT molecular complexity index is 1000. The molecule has 0 saturated carbocycles. The summed E-state index contributed by atoms with van der Waals surface area (Å²) in [6.45, 7) is 1.91. The Morgan fingerprint density at radius 2 is 2.07 bits per heavy atom. The molecule has 0 amide bonds. The van der Waals surface area contributed by atoms with Crippen LogP contribution in [-0.4, -0.2) is 46.4 Å². The summed E-state index contributed by atoms with van der Waals surface area (Å²) >= 11 is 0. The number of aromatic hydroxyl groups is 1. The number of likely N-dealkylation sites (N-methyl/N-ethyl adjacent to an activating group) is 1. The molecule has 3 heterocycles. The smallest absolute Gasteiger partial charge is 0.416 e. The number of nitrogens with zero attached hydrogens (tertiary/aromatic N) is 3. The van der Waals surface area contributed by atoms with Crippen LogP contribution in [0.3, 0.4) is 0 Å². The largest absolute Gasteiger partial charge is 0.507 e. The fourth-order valence-corrected chi connectivity index (χ4v) is 3.56. The quantitative estimate of drug-likeness (QED) is 0.699. The molecule has 4 rings (SSSR count). The molecule has 0 bridgehead atoms. The van der Waals surface area contributed by atoms with Crippen molar-refractivity contribution in [3.05, 3.63) is 36.1 Å². The predicted molar refractivity (Wildman–Crippen MR) is 98.0 cm³/mol. The fraction of sp³-hybridized carbons (Fsp3) is 0.368. The maximum atomic E-state index is 12.8. The zero-order valence-corrected chi connectivity index (χ0v) is 15.1. The molecular weight excluding hydrogens is 373 g/mol. The topological polar surface area (TPSA) is 74.4 Å². The number of benzene rings is 1. The number of phenolic OH excluding ortho intramolecular Hbond substituents is 1. The lowest BCUT2D eigenvalue weighted by Gasteiger charge is -2.30. The molecule has 1 fully saturated rings. The van der Waals surface area contributed by atoms with Gasteiger partial charge in [0.2, 0.25) is 0 Å². The zero-order chi connectivity index (χ0) is 19.9. The molecule has 3 aromatic rings.